The molecule has 4 heteroatoms. The molecule has 2 nitrogen and oxygen atoms in total. The Hall–Kier alpha value is -1.39. The largest absolute Gasteiger partial charge is 0.478 e. The number of carboxylic acids is 1. The molecule has 2 aromatic carbocycles. The second kappa shape index (κ2) is 6.37. The zero-order valence-electron chi connectivity index (χ0n) is 10.7. The first kappa shape index (κ1) is 15.0. The molecule has 0 bridgehead atoms. The van der Waals surface area contributed by atoms with Crippen LogP contribution in [-0.2, 0) is 4.79 Å². The third kappa shape index (κ3) is 3.58. The molecule has 0 aromatic heterocycles. The summed E-state index contributed by atoms with van der Waals surface area (Å²) < 4.78 is 2.01. The number of halogens is 2. The van der Waals surface area contributed by atoms with E-state index in [4.69, 9.17) is 5.11 Å². The zero-order chi connectivity index (χ0) is 14.7. The van der Waals surface area contributed by atoms with Crippen molar-refractivity contribution in [3.63, 3.8) is 0 Å². The van der Waals surface area contributed by atoms with Crippen LogP contribution in [0.4, 0.5) is 0 Å². The van der Waals surface area contributed by atoms with E-state index in [9.17, 15) is 4.79 Å². The molecule has 20 heavy (non-hydrogen) atoms. The summed E-state index contributed by atoms with van der Waals surface area (Å²) in [6.45, 7) is 1.79. The molecule has 0 heterocycles. The highest BCUT2D eigenvalue weighted by Gasteiger charge is 2.03. The Bertz CT molecular complexity index is 673. The lowest BCUT2D eigenvalue weighted by Crippen LogP contribution is -1.90. The van der Waals surface area contributed by atoms with Gasteiger partial charge in [-0.1, -0.05) is 30.3 Å². The molecule has 0 radical (unpaired) electrons. The summed E-state index contributed by atoms with van der Waals surface area (Å²) in [6, 6.07) is 13.9. The van der Waals surface area contributed by atoms with Crippen molar-refractivity contribution < 1.29 is 9.90 Å². The smallest absolute Gasteiger partial charge is 0.328 e. The lowest BCUT2D eigenvalue weighted by Gasteiger charge is -2.06. The summed E-state index contributed by atoms with van der Waals surface area (Å²) >= 11 is 6.93. The third-order valence-electron chi connectivity index (χ3n) is 2.93. The molecule has 0 amide bonds. The van der Waals surface area contributed by atoms with E-state index in [0.717, 1.165) is 31.2 Å². The number of rotatable bonds is 3. The predicted octanol–water partition coefficient (Wildman–Crippen LogP) is 5.37. The van der Waals surface area contributed by atoms with Crippen molar-refractivity contribution in [2.75, 3.05) is 0 Å². The lowest BCUT2D eigenvalue weighted by atomic mass is 10.0. The molecule has 1 N–H and O–H groups in total. The van der Waals surface area contributed by atoms with Crippen molar-refractivity contribution in [2.24, 2.45) is 0 Å². The van der Waals surface area contributed by atoms with Crippen molar-refractivity contribution in [2.45, 2.75) is 6.92 Å². The number of benzene rings is 2. The van der Waals surface area contributed by atoms with E-state index in [-0.39, 0.29) is 0 Å². The van der Waals surface area contributed by atoms with Gasteiger partial charge in [0.15, 0.2) is 0 Å². The van der Waals surface area contributed by atoms with Crippen LogP contribution in [-0.4, -0.2) is 11.1 Å². The van der Waals surface area contributed by atoms with Gasteiger partial charge in [0.05, 0.1) is 0 Å². The van der Waals surface area contributed by atoms with Gasteiger partial charge < -0.3 is 5.11 Å². The van der Waals surface area contributed by atoms with Crippen LogP contribution < -0.4 is 0 Å². The van der Waals surface area contributed by atoms with Gasteiger partial charge >= 0.3 is 5.97 Å². The standard InChI is InChI=1S/C16H12Br2O2/c1-10(8-16(19)20)11-2-4-12(5-3-11)13-6-7-14(17)15(18)9-13/h2-9H,1H3,(H,19,20). The van der Waals surface area contributed by atoms with Crippen molar-refractivity contribution in [1.29, 1.82) is 0 Å². The average Bonchev–Trinajstić information content (AvgIpc) is 2.41. The van der Waals surface area contributed by atoms with E-state index in [2.05, 4.69) is 31.9 Å². The molecule has 0 fully saturated rings. The number of carboxylic acid groups (broad SMARTS) is 1. The van der Waals surface area contributed by atoms with Gasteiger partial charge in [-0.2, -0.15) is 0 Å². The third-order valence-corrected chi connectivity index (χ3v) is 4.81. The molecule has 0 atom stereocenters. The van der Waals surface area contributed by atoms with Crippen LogP contribution in [0.25, 0.3) is 16.7 Å². The SMILES string of the molecule is CC(=CC(=O)O)c1ccc(-c2ccc(Br)c(Br)c2)cc1. The van der Waals surface area contributed by atoms with Gasteiger partial charge in [0, 0.05) is 15.0 Å². The number of allylic oxidation sites excluding steroid dienone is 1. The summed E-state index contributed by atoms with van der Waals surface area (Å²) in [4.78, 5) is 10.7. The fraction of sp³-hybridized carbons (Fsp3) is 0.0625. The Morgan fingerprint density at radius 2 is 1.60 bits per heavy atom. The van der Waals surface area contributed by atoms with Crippen molar-refractivity contribution in [3.05, 3.63) is 63.0 Å². The van der Waals surface area contributed by atoms with Crippen LogP contribution in [0.3, 0.4) is 0 Å². The molecule has 0 spiro atoms. The van der Waals surface area contributed by atoms with E-state index < -0.39 is 5.97 Å². The fourth-order valence-corrected chi connectivity index (χ4v) is 2.50. The number of hydrogen-bond donors (Lipinski definition) is 1. The van der Waals surface area contributed by atoms with Crippen LogP contribution in [0.2, 0.25) is 0 Å². The van der Waals surface area contributed by atoms with Gasteiger partial charge in [-0.15, -0.1) is 0 Å². The second-order valence-electron chi connectivity index (χ2n) is 4.37. The molecule has 0 aliphatic rings. The van der Waals surface area contributed by atoms with E-state index >= 15 is 0 Å². The maximum absolute atomic E-state index is 10.7. The minimum absolute atomic E-state index is 0.737. The van der Waals surface area contributed by atoms with Crippen LogP contribution in [0.15, 0.2) is 57.5 Å². The molecule has 2 aromatic rings. The predicted molar refractivity (Wildman–Crippen MR) is 88.6 cm³/mol. The summed E-state index contributed by atoms with van der Waals surface area (Å²) in [5, 5.41) is 8.75. The molecule has 0 aliphatic carbocycles. The molecule has 102 valence electrons. The molecule has 0 saturated carbocycles. The van der Waals surface area contributed by atoms with Crippen LogP contribution >= 0.6 is 31.9 Å². The van der Waals surface area contributed by atoms with Gasteiger partial charge in [-0.25, -0.2) is 4.79 Å². The minimum Gasteiger partial charge on any atom is -0.478 e. The first-order valence-electron chi connectivity index (χ1n) is 5.94. The maximum atomic E-state index is 10.7. The molecular formula is C16H12Br2O2. The van der Waals surface area contributed by atoms with E-state index in [1.165, 1.54) is 6.08 Å². The van der Waals surface area contributed by atoms with E-state index in [0.29, 0.717) is 0 Å². The molecule has 0 aliphatic heterocycles. The molecule has 0 saturated heterocycles. The van der Waals surface area contributed by atoms with E-state index in [1.807, 2.05) is 42.5 Å². The summed E-state index contributed by atoms with van der Waals surface area (Å²) in [7, 11) is 0. The van der Waals surface area contributed by atoms with Crippen molar-refractivity contribution in [3.8, 4) is 11.1 Å². The summed E-state index contributed by atoms with van der Waals surface area (Å²) in [5.41, 5.74) is 3.84. The first-order valence-corrected chi connectivity index (χ1v) is 7.53. The Balaban J connectivity index is 2.32. The van der Waals surface area contributed by atoms with Gasteiger partial charge in [0.1, 0.15) is 0 Å². The van der Waals surface area contributed by atoms with E-state index in [1.54, 1.807) is 6.92 Å². The van der Waals surface area contributed by atoms with Crippen molar-refractivity contribution in [1.82, 2.24) is 0 Å². The molecule has 0 unspecified atom stereocenters. The highest BCUT2D eigenvalue weighted by molar-refractivity contribution is 9.13. The van der Waals surface area contributed by atoms with Gasteiger partial charge in [0.2, 0.25) is 0 Å². The van der Waals surface area contributed by atoms with Crippen molar-refractivity contribution >= 4 is 43.4 Å². The second-order valence-corrected chi connectivity index (χ2v) is 6.08. The highest BCUT2D eigenvalue weighted by atomic mass is 79.9. The zero-order valence-corrected chi connectivity index (χ0v) is 13.9. The maximum Gasteiger partial charge on any atom is 0.328 e. The molecule has 2 rings (SSSR count). The monoisotopic (exact) mass is 394 g/mol. The lowest BCUT2D eigenvalue weighted by molar-refractivity contribution is -0.131. The number of hydrogen-bond acceptors (Lipinski definition) is 1. The fourth-order valence-electron chi connectivity index (χ4n) is 1.87. The van der Waals surface area contributed by atoms with Crippen LogP contribution in [0, 0.1) is 0 Å². The summed E-state index contributed by atoms with van der Waals surface area (Å²) in [6.07, 6.45) is 1.21. The molecular weight excluding hydrogens is 384 g/mol. The Labute approximate surface area is 134 Å². The first-order chi connectivity index (χ1) is 9.47. The van der Waals surface area contributed by atoms with Crippen LogP contribution in [0.5, 0.6) is 0 Å². The van der Waals surface area contributed by atoms with Gasteiger partial charge in [-0.3, -0.25) is 0 Å². The number of carbonyl (C=O) groups is 1. The average molecular weight is 396 g/mol. The highest BCUT2D eigenvalue weighted by Crippen LogP contribution is 2.29. The topological polar surface area (TPSA) is 37.3 Å². The summed E-state index contributed by atoms with van der Waals surface area (Å²) in [5.74, 6) is -0.927. The Morgan fingerprint density at radius 1 is 1.00 bits per heavy atom. The number of aliphatic carboxylic acids is 1. The Kier molecular flexibility index (Phi) is 4.78. The minimum atomic E-state index is -0.927. The Morgan fingerprint density at radius 3 is 2.15 bits per heavy atom. The quantitative estimate of drug-likeness (QED) is 0.709. The van der Waals surface area contributed by atoms with Crippen LogP contribution in [0.1, 0.15) is 12.5 Å². The van der Waals surface area contributed by atoms with Gasteiger partial charge in [-0.05, 0) is 73.2 Å². The normalized spacial score (nSPS) is 11.4. The van der Waals surface area contributed by atoms with Gasteiger partial charge in [0.25, 0.3) is 0 Å².